The number of carbonyl (C=O) groups is 1. The summed E-state index contributed by atoms with van der Waals surface area (Å²) >= 11 is 0. The quantitative estimate of drug-likeness (QED) is 0.729. The molecule has 0 radical (unpaired) electrons. The maximum Gasteiger partial charge on any atom is 0.303 e. The second kappa shape index (κ2) is 4.69. The Kier molecular flexibility index (Phi) is 3.74. The maximum atomic E-state index is 11.2. The molecule has 0 aliphatic carbocycles. The monoisotopic (exact) mass is 220 g/mol. The molecule has 0 fully saturated rings. The number of carbonyl (C=O) groups excluding carboxylic acids is 1. The van der Waals surface area contributed by atoms with Gasteiger partial charge in [0.05, 0.1) is 0 Å². The lowest BCUT2D eigenvalue weighted by Gasteiger charge is -2.33. The van der Waals surface area contributed by atoms with Gasteiger partial charge in [-0.15, -0.1) is 0 Å². The number of rotatable bonds is 3. The van der Waals surface area contributed by atoms with Crippen LogP contribution in [0.3, 0.4) is 0 Å². The van der Waals surface area contributed by atoms with Crippen LogP contribution in [-0.2, 0) is 15.1 Å². The highest BCUT2D eigenvalue weighted by Gasteiger charge is 2.33. The fourth-order valence-electron chi connectivity index (χ4n) is 1.69. The molecule has 88 valence electrons. The maximum absolute atomic E-state index is 11.2. The van der Waals surface area contributed by atoms with Crippen LogP contribution in [0.25, 0.3) is 0 Å². The van der Waals surface area contributed by atoms with E-state index in [1.54, 1.807) is 0 Å². The van der Waals surface area contributed by atoms with Crippen molar-refractivity contribution in [1.82, 2.24) is 0 Å². The van der Waals surface area contributed by atoms with E-state index in [1.165, 1.54) is 12.5 Å². The highest BCUT2D eigenvalue weighted by Crippen LogP contribution is 2.33. The van der Waals surface area contributed by atoms with Crippen molar-refractivity contribution in [2.24, 2.45) is 5.92 Å². The van der Waals surface area contributed by atoms with Crippen LogP contribution in [0.4, 0.5) is 0 Å². The predicted octanol–water partition coefficient (Wildman–Crippen LogP) is 3.43. The Bertz CT molecular complexity index is 365. The number of hydrogen-bond acceptors (Lipinski definition) is 2. The van der Waals surface area contributed by atoms with E-state index >= 15 is 0 Å². The molecule has 1 aromatic carbocycles. The molecule has 0 spiro atoms. The van der Waals surface area contributed by atoms with E-state index in [-0.39, 0.29) is 11.9 Å². The summed E-state index contributed by atoms with van der Waals surface area (Å²) in [4.78, 5) is 11.2. The predicted molar refractivity (Wildman–Crippen MR) is 65.1 cm³/mol. The van der Waals surface area contributed by atoms with Gasteiger partial charge < -0.3 is 4.74 Å². The van der Waals surface area contributed by atoms with Crippen molar-refractivity contribution in [3.05, 3.63) is 35.4 Å². The lowest BCUT2D eigenvalue weighted by Crippen LogP contribution is -2.33. The number of esters is 1. The van der Waals surface area contributed by atoms with Gasteiger partial charge in [0.25, 0.3) is 0 Å². The fraction of sp³-hybridized carbons (Fsp3) is 0.500. The van der Waals surface area contributed by atoms with Gasteiger partial charge in [0.2, 0.25) is 0 Å². The molecular formula is C14H20O2. The minimum Gasteiger partial charge on any atom is -0.454 e. The molecule has 1 rings (SSSR count). The summed E-state index contributed by atoms with van der Waals surface area (Å²) < 4.78 is 5.49. The van der Waals surface area contributed by atoms with Crippen LogP contribution in [0.1, 0.15) is 38.8 Å². The van der Waals surface area contributed by atoms with Gasteiger partial charge in [0.1, 0.15) is 5.60 Å². The SMILES string of the molecule is CC(=O)OC(C)(c1ccc(C)cc1)C(C)C. The van der Waals surface area contributed by atoms with Gasteiger partial charge in [-0.3, -0.25) is 4.79 Å². The van der Waals surface area contributed by atoms with E-state index in [1.807, 2.05) is 38.1 Å². The van der Waals surface area contributed by atoms with E-state index in [4.69, 9.17) is 4.74 Å². The third-order valence-electron chi connectivity index (χ3n) is 3.08. The second-order valence-corrected chi connectivity index (χ2v) is 4.72. The van der Waals surface area contributed by atoms with Crippen molar-refractivity contribution in [3.8, 4) is 0 Å². The summed E-state index contributed by atoms with van der Waals surface area (Å²) in [7, 11) is 0. The van der Waals surface area contributed by atoms with Crippen LogP contribution in [0, 0.1) is 12.8 Å². The second-order valence-electron chi connectivity index (χ2n) is 4.72. The third kappa shape index (κ3) is 2.63. The average Bonchev–Trinajstić information content (AvgIpc) is 2.17. The molecule has 0 heterocycles. The minimum absolute atomic E-state index is 0.235. The van der Waals surface area contributed by atoms with Crippen molar-refractivity contribution >= 4 is 5.97 Å². The Morgan fingerprint density at radius 2 is 1.75 bits per heavy atom. The van der Waals surface area contributed by atoms with Crippen molar-refractivity contribution in [3.63, 3.8) is 0 Å². The highest BCUT2D eigenvalue weighted by atomic mass is 16.6. The van der Waals surface area contributed by atoms with Crippen molar-refractivity contribution in [2.45, 2.75) is 40.2 Å². The van der Waals surface area contributed by atoms with Crippen LogP contribution in [-0.4, -0.2) is 5.97 Å². The summed E-state index contributed by atoms with van der Waals surface area (Å²) in [5.74, 6) is -0.00381. The Morgan fingerprint density at radius 1 is 1.25 bits per heavy atom. The summed E-state index contributed by atoms with van der Waals surface area (Å²) in [5, 5.41) is 0. The van der Waals surface area contributed by atoms with Gasteiger partial charge in [0.15, 0.2) is 0 Å². The number of hydrogen-bond donors (Lipinski definition) is 0. The zero-order valence-electron chi connectivity index (χ0n) is 10.7. The van der Waals surface area contributed by atoms with Crippen molar-refractivity contribution in [2.75, 3.05) is 0 Å². The molecule has 1 aromatic rings. The number of benzene rings is 1. The molecule has 1 unspecified atom stereocenters. The molecule has 0 aromatic heterocycles. The Hall–Kier alpha value is -1.31. The molecule has 16 heavy (non-hydrogen) atoms. The van der Waals surface area contributed by atoms with Gasteiger partial charge in [-0.05, 0) is 25.3 Å². The molecular weight excluding hydrogens is 200 g/mol. The fourth-order valence-corrected chi connectivity index (χ4v) is 1.69. The first-order valence-corrected chi connectivity index (χ1v) is 5.63. The molecule has 0 saturated carbocycles. The molecule has 0 saturated heterocycles. The lowest BCUT2D eigenvalue weighted by molar-refractivity contribution is -0.161. The topological polar surface area (TPSA) is 26.3 Å². The van der Waals surface area contributed by atoms with Gasteiger partial charge in [-0.1, -0.05) is 43.7 Å². The van der Waals surface area contributed by atoms with E-state index in [0.29, 0.717) is 0 Å². The minimum atomic E-state index is -0.542. The van der Waals surface area contributed by atoms with Gasteiger partial charge >= 0.3 is 5.97 Å². The molecule has 1 atom stereocenters. The molecule has 2 heteroatoms. The third-order valence-corrected chi connectivity index (χ3v) is 3.08. The van der Waals surface area contributed by atoms with Gasteiger partial charge in [-0.25, -0.2) is 0 Å². The van der Waals surface area contributed by atoms with Crippen molar-refractivity contribution < 1.29 is 9.53 Å². The summed E-state index contributed by atoms with van der Waals surface area (Å²) in [6, 6.07) is 8.13. The average molecular weight is 220 g/mol. The summed E-state index contributed by atoms with van der Waals surface area (Å²) in [5.41, 5.74) is 1.71. The molecule has 0 aliphatic rings. The standard InChI is InChI=1S/C14H20O2/c1-10(2)14(5,16-12(4)15)13-8-6-11(3)7-9-13/h6-10H,1-5H3. The molecule has 0 aliphatic heterocycles. The van der Waals surface area contributed by atoms with Crippen LogP contribution < -0.4 is 0 Å². The zero-order chi connectivity index (χ0) is 12.3. The van der Waals surface area contributed by atoms with E-state index in [2.05, 4.69) is 13.8 Å². The Balaban J connectivity index is 3.10. The number of aryl methyl sites for hydroxylation is 1. The van der Waals surface area contributed by atoms with E-state index in [9.17, 15) is 4.79 Å². The first-order chi connectivity index (χ1) is 7.36. The van der Waals surface area contributed by atoms with E-state index < -0.39 is 5.60 Å². The molecule has 0 bridgehead atoms. The lowest BCUT2D eigenvalue weighted by atomic mass is 9.84. The number of ether oxygens (including phenoxy) is 1. The van der Waals surface area contributed by atoms with Gasteiger partial charge in [0, 0.05) is 6.92 Å². The van der Waals surface area contributed by atoms with Crippen LogP contribution in [0.5, 0.6) is 0 Å². The zero-order valence-corrected chi connectivity index (χ0v) is 10.7. The van der Waals surface area contributed by atoms with Crippen LogP contribution in [0.2, 0.25) is 0 Å². The summed E-state index contributed by atoms with van der Waals surface area (Å²) in [6.45, 7) is 9.58. The normalized spacial score (nSPS) is 14.6. The first-order valence-electron chi connectivity index (χ1n) is 5.63. The Labute approximate surface area is 97.6 Å². The highest BCUT2D eigenvalue weighted by molar-refractivity contribution is 5.66. The van der Waals surface area contributed by atoms with Crippen LogP contribution >= 0.6 is 0 Å². The van der Waals surface area contributed by atoms with Crippen LogP contribution in [0.15, 0.2) is 24.3 Å². The first kappa shape index (κ1) is 12.8. The molecule has 0 N–H and O–H groups in total. The molecule has 2 nitrogen and oxygen atoms in total. The molecule has 0 amide bonds. The summed E-state index contributed by atoms with van der Waals surface area (Å²) in [6.07, 6.45) is 0. The Morgan fingerprint density at radius 3 is 2.12 bits per heavy atom. The smallest absolute Gasteiger partial charge is 0.303 e. The van der Waals surface area contributed by atoms with E-state index in [0.717, 1.165) is 5.56 Å². The van der Waals surface area contributed by atoms with Gasteiger partial charge in [-0.2, -0.15) is 0 Å². The largest absolute Gasteiger partial charge is 0.454 e. The van der Waals surface area contributed by atoms with Crippen molar-refractivity contribution in [1.29, 1.82) is 0 Å².